The maximum Gasteiger partial charge on any atom is 0.223 e. The lowest BCUT2D eigenvalue weighted by atomic mass is 10.1. The molecule has 0 radical (unpaired) electrons. The van der Waals surface area contributed by atoms with Gasteiger partial charge in [-0.25, -0.2) is 0 Å². The SMILES string of the molecule is O=C1CCCCCN1CC#CCN1CCCCC1. The number of piperidine rings is 1. The van der Waals surface area contributed by atoms with Crippen molar-refractivity contribution in [1.82, 2.24) is 9.80 Å². The Hall–Kier alpha value is -1.01. The fourth-order valence-electron chi connectivity index (χ4n) is 2.64. The van der Waals surface area contributed by atoms with E-state index in [1.165, 1.54) is 38.8 Å². The Balaban J connectivity index is 1.71. The third kappa shape index (κ3) is 4.34. The maximum absolute atomic E-state index is 11.8. The number of carbonyl (C=O) groups is 1. The van der Waals surface area contributed by atoms with Crippen LogP contribution in [0.25, 0.3) is 0 Å². The average molecular weight is 248 g/mol. The van der Waals surface area contributed by atoms with Crippen molar-refractivity contribution in [2.45, 2.75) is 44.9 Å². The lowest BCUT2D eigenvalue weighted by molar-refractivity contribution is -0.130. The molecule has 2 aliphatic rings. The molecule has 0 saturated carbocycles. The van der Waals surface area contributed by atoms with E-state index in [0.29, 0.717) is 18.9 Å². The minimum absolute atomic E-state index is 0.291. The fraction of sp³-hybridized carbons (Fsp3) is 0.800. The molecule has 2 fully saturated rings. The van der Waals surface area contributed by atoms with Crippen LogP contribution >= 0.6 is 0 Å². The summed E-state index contributed by atoms with van der Waals surface area (Å²) in [6.07, 6.45) is 8.08. The summed E-state index contributed by atoms with van der Waals surface area (Å²) in [6, 6.07) is 0. The number of likely N-dealkylation sites (tertiary alicyclic amines) is 2. The van der Waals surface area contributed by atoms with Gasteiger partial charge in [-0.05, 0) is 38.8 Å². The molecule has 0 spiro atoms. The third-order valence-corrected chi connectivity index (χ3v) is 3.82. The van der Waals surface area contributed by atoms with Gasteiger partial charge in [-0.2, -0.15) is 0 Å². The van der Waals surface area contributed by atoms with E-state index in [1.807, 2.05) is 4.90 Å². The van der Waals surface area contributed by atoms with Crippen molar-refractivity contribution >= 4 is 5.91 Å². The Morgan fingerprint density at radius 3 is 2.33 bits per heavy atom. The summed E-state index contributed by atoms with van der Waals surface area (Å²) >= 11 is 0. The highest BCUT2D eigenvalue weighted by Crippen LogP contribution is 2.10. The molecule has 1 amide bonds. The molecule has 0 aliphatic carbocycles. The van der Waals surface area contributed by atoms with Gasteiger partial charge in [0.2, 0.25) is 5.91 Å². The first-order chi connectivity index (χ1) is 8.86. The van der Waals surface area contributed by atoms with Crippen LogP contribution in [0.5, 0.6) is 0 Å². The molecule has 0 unspecified atom stereocenters. The molecule has 0 N–H and O–H groups in total. The highest BCUT2D eigenvalue weighted by molar-refractivity contribution is 5.76. The van der Waals surface area contributed by atoms with Crippen molar-refractivity contribution in [3.63, 3.8) is 0 Å². The Morgan fingerprint density at radius 1 is 0.833 bits per heavy atom. The number of hydrogen-bond donors (Lipinski definition) is 0. The van der Waals surface area contributed by atoms with Crippen molar-refractivity contribution in [2.75, 3.05) is 32.7 Å². The molecule has 18 heavy (non-hydrogen) atoms. The smallest absolute Gasteiger partial charge is 0.223 e. The van der Waals surface area contributed by atoms with Crippen LogP contribution in [0.1, 0.15) is 44.9 Å². The number of hydrogen-bond acceptors (Lipinski definition) is 2. The van der Waals surface area contributed by atoms with Crippen LogP contribution in [0.15, 0.2) is 0 Å². The maximum atomic E-state index is 11.8. The first-order valence-electron chi connectivity index (χ1n) is 7.32. The lowest BCUT2D eigenvalue weighted by Gasteiger charge is -2.24. The van der Waals surface area contributed by atoms with Gasteiger partial charge in [0.1, 0.15) is 0 Å². The molecule has 3 nitrogen and oxygen atoms in total. The van der Waals surface area contributed by atoms with E-state index in [9.17, 15) is 4.79 Å². The molecule has 0 aromatic carbocycles. The Bertz CT molecular complexity index is 323. The first kappa shape index (κ1) is 13.4. The number of nitrogens with zero attached hydrogens (tertiary/aromatic N) is 2. The molecular weight excluding hydrogens is 224 g/mol. The zero-order valence-corrected chi connectivity index (χ0v) is 11.3. The van der Waals surface area contributed by atoms with Crippen molar-refractivity contribution in [3.8, 4) is 11.8 Å². The van der Waals surface area contributed by atoms with Crippen LogP contribution < -0.4 is 0 Å². The number of carbonyl (C=O) groups excluding carboxylic acids is 1. The quantitative estimate of drug-likeness (QED) is 0.697. The van der Waals surface area contributed by atoms with Crippen molar-refractivity contribution in [2.24, 2.45) is 0 Å². The van der Waals surface area contributed by atoms with Crippen molar-refractivity contribution < 1.29 is 4.79 Å². The van der Waals surface area contributed by atoms with Gasteiger partial charge in [0.15, 0.2) is 0 Å². The molecule has 2 heterocycles. The molecule has 3 heteroatoms. The molecule has 0 aromatic heterocycles. The molecule has 2 saturated heterocycles. The molecule has 2 rings (SSSR count). The predicted molar refractivity (Wildman–Crippen MR) is 73.1 cm³/mol. The van der Waals surface area contributed by atoms with Crippen LogP contribution in [-0.4, -0.2) is 48.4 Å². The minimum atomic E-state index is 0.291. The second-order valence-corrected chi connectivity index (χ2v) is 5.32. The van der Waals surface area contributed by atoms with Gasteiger partial charge in [-0.3, -0.25) is 9.69 Å². The third-order valence-electron chi connectivity index (χ3n) is 3.82. The summed E-state index contributed by atoms with van der Waals surface area (Å²) in [4.78, 5) is 16.1. The number of rotatable bonds is 2. The van der Waals surface area contributed by atoms with Crippen LogP contribution in [0.3, 0.4) is 0 Å². The van der Waals surface area contributed by atoms with E-state index in [-0.39, 0.29) is 0 Å². The zero-order valence-electron chi connectivity index (χ0n) is 11.3. The molecule has 0 bridgehead atoms. The predicted octanol–water partition coefficient (Wildman–Crippen LogP) is 1.88. The second-order valence-electron chi connectivity index (χ2n) is 5.32. The highest BCUT2D eigenvalue weighted by atomic mass is 16.2. The van der Waals surface area contributed by atoms with Crippen LogP contribution in [0.4, 0.5) is 0 Å². The van der Waals surface area contributed by atoms with Gasteiger partial charge in [-0.1, -0.05) is 24.7 Å². The summed E-state index contributed by atoms with van der Waals surface area (Å²) in [5.41, 5.74) is 0. The lowest BCUT2D eigenvalue weighted by Crippen LogP contribution is -2.31. The van der Waals surface area contributed by atoms with Gasteiger partial charge < -0.3 is 4.90 Å². The van der Waals surface area contributed by atoms with Crippen LogP contribution in [0.2, 0.25) is 0 Å². The topological polar surface area (TPSA) is 23.6 Å². The Labute approximate surface area is 111 Å². The first-order valence-corrected chi connectivity index (χ1v) is 7.32. The normalized spacial score (nSPS) is 22.2. The highest BCUT2D eigenvalue weighted by Gasteiger charge is 2.14. The molecule has 0 aromatic rings. The van der Waals surface area contributed by atoms with Gasteiger partial charge in [0.05, 0.1) is 13.1 Å². The summed E-state index contributed by atoms with van der Waals surface area (Å²) < 4.78 is 0. The van der Waals surface area contributed by atoms with Gasteiger partial charge in [0, 0.05) is 13.0 Å². The van der Waals surface area contributed by atoms with Gasteiger partial charge in [0.25, 0.3) is 0 Å². The largest absolute Gasteiger partial charge is 0.332 e. The second kappa shape index (κ2) is 7.43. The van der Waals surface area contributed by atoms with Crippen LogP contribution in [-0.2, 0) is 4.79 Å². The average Bonchev–Trinajstić information content (AvgIpc) is 2.61. The monoisotopic (exact) mass is 248 g/mol. The van der Waals surface area contributed by atoms with E-state index in [4.69, 9.17) is 0 Å². The minimum Gasteiger partial charge on any atom is -0.332 e. The van der Waals surface area contributed by atoms with Gasteiger partial charge in [-0.15, -0.1) is 0 Å². The Kier molecular flexibility index (Phi) is 5.54. The van der Waals surface area contributed by atoms with Crippen molar-refractivity contribution in [3.05, 3.63) is 0 Å². The zero-order chi connectivity index (χ0) is 12.6. The van der Waals surface area contributed by atoms with Crippen molar-refractivity contribution in [1.29, 1.82) is 0 Å². The summed E-state index contributed by atoms with van der Waals surface area (Å²) in [6.45, 7) is 4.79. The Morgan fingerprint density at radius 2 is 1.50 bits per heavy atom. The molecule has 2 aliphatic heterocycles. The van der Waals surface area contributed by atoms with Crippen LogP contribution in [0, 0.1) is 11.8 Å². The molecular formula is C15H24N2O. The number of amides is 1. The molecule has 100 valence electrons. The van der Waals surface area contributed by atoms with E-state index in [2.05, 4.69) is 16.7 Å². The summed E-state index contributed by atoms with van der Waals surface area (Å²) in [5, 5.41) is 0. The van der Waals surface area contributed by atoms with Gasteiger partial charge >= 0.3 is 0 Å². The fourth-order valence-corrected chi connectivity index (χ4v) is 2.64. The van der Waals surface area contributed by atoms with E-state index in [0.717, 1.165) is 25.9 Å². The van der Waals surface area contributed by atoms with E-state index in [1.54, 1.807) is 0 Å². The summed E-state index contributed by atoms with van der Waals surface area (Å²) in [5.74, 6) is 6.69. The van der Waals surface area contributed by atoms with E-state index < -0.39 is 0 Å². The standard InChI is InChI=1S/C15H24N2O/c18-15-9-3-1-6-13-17(15)14-8-7-12-16-10-4-2-5-11-16/h1-6,9-14H2. The summed E-state index contributed by atoms with van der Waals surface area (Å²) in [7, 11) is 0. The van der Waals surface area contributed by atoms with E-state index >= 15 is 0 Å². The molecule has 0 atom stereocenters.